The molecule has 1 unspecified atom stereocenters. The van der Waals surface area contributed by atoms with Gasteiger partial charge in [0.25, 0.3) is 0 Å². The monoisotopic (exact) mass is 269 g/mol. The lowest BCUT2D eigenvalue weighted by Gasteiger charge is -2.39. The first-order valence-electron chi connectivity index (χ1n) is 8.19. The molecule has 0 aromatic carbocycles. The summed E-state index contributed by atoms with van der Waals surface area (Å²) in [6, 6.07) is 1.45. The zero-order chi connectivity index (χ0) is 14.3. The van der Waals surface area contributed by atoms with Gasteiger partial charge in [-0.15, -0.1) is 0 Å². The van der Waals surface area contributed by atoms with E-state index in [1.54, 1.807) is 0 Å². The van der Waals surface area contributed by atoms with E-state index in [2.05, 4.69) is 49.7 Å². The van der Waals surface area contributed by atoms with Crippen molar-refractivity contribution >= 4 is 0 Å². The fraction of sp³-hybridized carbons (Fsp3) is 1.00. The second kappa shape index (κ2) is 8.93. The van der Waals surface area contributed by atoms with Crippen molar-refractivity contribution in [2.24, 2.45) is 5.92 Å². The van der Waals surface area contributed by atoms with Crippen LogP contribution in [0.2, 0.25) is 0 Å². The lowest BCUT2D eigenvalue weighted by molar-refractivity contribution is 0.0800. The van der Waals surface area contributed by atoms with Crippen molar-refractivity contribution < 1.29 is 0 Å². The summed E-state index contributed by atoms with van der Waals surface area (Å²) in [6.07, 6.45) is 2.63. The maximum absolute atomic E-state index is 3.54. The lowest BCUT2D eigenvalue weighted by Crippen LogP contribution is -2.51. The van der Waals surface area contributed by atoms with Crippen molar-refractivity contribution in [3.05, 3.63) is 0 Å². The molecule has 0 amide bonds. The molecule has 1 N–H and O–H groups in total. The molecule has 3 nitrogen and oxygen atoms in total. The van der Waals surface area contributed by atoms with Crippen molar-refractivity contribution in [1.82, 2.24) is 15.1 Å². The number of rotatable bonds is 8. The van der Waals surface area contributed by atoms with Gasteiger partial charge in [-0.3, -0.25) is 9.80 Å². The fourth-order valence-electron chi connectivity index (χ4n) is 2.79. The first-order chi connectivity index (χ1) is 9.00. The molecule has 1 aliphatic heterocycles. The van der Waals surface area contributed by atoms with E-state index in [0.29, 0.717) is 6.04 Å². The summed E-state index contributed by atoms with van der Waals surface area (Å²) in [5, 5.41) is 3.54. The molecule has 0 aliphatic carbocycles. The highest BCUT2D eigenvalue weighted by molar-refractivity contribution is 4.78. The Bertz CT molecular complexity index is 220. The minimum Gasteiger partial charge on any atom is -0.316 e. The fourth-order valence-corrected chi connectivity index (χ4v) is 2.79. The average Bonchev–Trinajstić information content (AvgIpc) is 2.37. The molecule has 1 saturated heterocycles. The zero-order valence-corrected chi connectivity index (χ0v) is 13.8. The highest BCUT2D eigenvalue weighted by Crippen LogP contribution is 2.12. The highest BCUT2D eigenvalue weighted by Gasteiger charge is 2.21. The van der Waals surface area contributed by atoms with Gasteiger partial charge in [-0.05, 0) is 52.6 Å². The smallest absolute Gasteiger partial charge is 0.0113 e. The van der Waals surface area contributed by atoms with Crippen molar-refractivity contribution in [3.8, 4) is 0 Å². The van der Waals surface area contributed by atoms with E-state index in [1.807, 2.05) is 0 Å². The van der Waals surface area contributed by atoms with Crippen LogP contribution in [-0.4, -0.2) is 61.2 Å². The van der Waals surface area contributed by atoms with Gasteiger partial charge in [0.15, 0.2) is 0 Å². The van der Waals surface area contributed by atoms with Gasteiger partial charge in [0, 0.05) is 38.3 Å². The second-order valence-corrected chi connectivity index (χ2v) is 6.75. The summed E-state index contributed by atoms with van der Waals surface area (Å²) in [5.41, 5.74) is 0. The molecule has 0 radical (unpaired) electrons. The van der Waals surface area contributed by atoms with Crippen LogP contribution in [0.5, 0.6) is 0 Å². The molecule has 1 aliphatic rings. The molecule has 0 aromatic rings. The Kier molecular flexibility index (Phi) is 7.96. The Morgan fingerprint density at radius 2 is 1.47 bits per heavy atom. The predicted molar refractivity (Wildman–Crippen MR) is 84.7 cm³/mol. The second-order valence-electron chi connectivity index (χ2n) is 6.75. The van der Waals surface area contributed by atoms with E-state index < -0.39 is 0 Å². The zero-order valence-electron chi connectivity index (χ0n) is 13.8. The Morgan fingerprint density at radius 3 is 2.00 bits per heavy atom. The van der Waals surface area contributed by atoms with E-state index in [0.717, 1.165) is 18.5 Å². The van der Waals surface area contributed by atoms with Crippen LogP contribution in [0, 0.1) is 5.92 Å². The van der Waals surface area contributed by atoms with E-state index in [4.69, 9.17) is 0 Å². The van der Waals surface area contributed by atoms with Gasteiger partial charge in [0.2, 0.25) is 0 Å². The molecule has 1 fully saturated rings. The van der Waals surface area contributed by atoms with Gasteiger partial charge in [0.05, 0.1) is 0 Å². The van der Waals surface area contributed by atoms with Gasteiger partial charge in [-0.25, -0.2) is 0 Å². The Labute approximate surface area is 120 Å². The summed E-state index contributed by atoms with van der Waals surface area (Å²) in [4.78, 5) is 5.26. The first kappa shape index (κ1) is 16.9. The minimum absolute atomic E-state index is 0.706. The maximum atomic E-state index is 3.54. The minimum atomic E-state index is 0.706. The predicted octanol–water partition coefficient (Wildman–Crippen LogP) is 2.43. The number of hydrogen-bond acceptors (Lipinski definition) is 3. The van der Waals surface area contributed by atoms with Crippen LogP contribution >= 0.6 is 0 Å². The molecule has 0 aromatic heterocycles. The van der Waals surface area contributed by atoms with Crippen LogP contribution in [0.4, 0.5) is 0 Å². The van der Waals surface area contributed by atoms with E-state index >= 15 is 0 Å². The molecular formula is C16H35N3. The Hall–Kier alpha value is -0.120. The van der Waals surface area contributed by atoms with Crippen LogP contribution in [-0.2, 0) is 0 Å². The molecule has 19 heavy (non-hydrogen) atoms. The molecule has 0 saturated carbocycles. The SMILES string of the molecule is CC(C)CNCCCC(C)N1CCN(C(C)C)CC1. The summed E-state index contributed by atoms with van der Waals surface area (Å²) in [7, 11) is 0. The van der Waals surface area contributed by atoms with Gasteiger partial charge in [0.1, 0.15) is 0 Å². The quantitative estimate of drug-likeness (QED) is 0.683. The molecule has 0 spiro atoms. The molecule has 1 atom stereocenters. The third-order valence-electron chi connectivity index (χ3n) is 4.23. The number of nitrogens with one attached hydrogen (secondary N) is 1. The molecule has 1 rings (SSSR count). The normalized spacial score (nSPS) is 20.4. The van der Waals surface area contributed by atoms with E-state index in [1.165, 1.54) is 45.6 Å². The standard InChI is InChI=1S/C16H35N3/c1-14(2)13-17-8-6-7-16(5)19-11-9-18(10-12-19)15(3)4/h14-17H,6-13H2,1-5H3. The molecule has 114 valence electrons. The number of hydrogen-bond donors (Lipinski definition) is 1. The van der Waals surface area contributed by atoms with Crippen LogP contribution < -0.4 is 5.32 Å². The number of nitrogens with zero attached hydrogens (tertiary/aromatic N) is 2. The molecular weight excluding hydrogens is 234 g/mol. The third-order valence-corrected chi connectivity index (χ3v) is 4.23. The van der Waals surface area contributed by atoms with Gasteiger partial charge in [-0.2, -0.15) is 0 Å². The first-order valence-corrected chi connectivity index (χ1v) is 8.19. The average molecular weight is 269 g/mol. The van der Waals surface area contributed by atoms with E-state index in [9.17, 15) is 0 Å². The third kappa shape index (κ3) is 6.73. The van der Waals surface area contributed by atoms with Crippen molar-refractivity contribution in [1.29, 1.82) is 0 Å². The molecule has 1 heterocycles. The largest absolute Gasteiger partial charge is 0.316 e. The molecule has 0 bridgehead atoms. The Morgan fingerprint density at radius 1 is 0.895 bits per heavy atom. The van der Waals surface area contributed by atoms with Crippen LogP contribution in [0.3, 0.4) is 0 Å². The van der Waals surface area contributed by atoms with Crippen molar-refractivity contribution in [3.63, 3.8) is 0 Å². The number of piperazine rings is 1. The highest BCUT2D eigenvalue weighted by atomic mass is 15.3. The summed E-state index contributed by atoms with van der Waals surface area (Å²) < 4.78 is 0. The van der Waals surface area contributed by atoms with Crippen molar-refractivity contribution in [2.75, 3.05) is 39.3 Å². The van der Waals surface area contributed by atoms with Crippen LogP contribution in [0.15, 0.2) is 0 Å². The van der Waals surface area contributed by atoms with Gasteiger partial charge >= 0.3 is 0 Å². The molecule has 3 heteroatoms. The van der Waals surface area contributed by atoms with Crippen LogP contribution in [0.25, 0.3) is 0 Å². The Balaban J connectivity index is 2.09. The van der Waals surface area contributed by atoms with Gasteiger partial charge < -0.3 is 5.32 Å². The topological polar surface area (TPSA) is 18.5 Å². The summed E-state index contributed by atoms with van der Waals surface area (Å²) in [5.74, 6) is 0.765. The lowest BCUT2D eigenvalue weighted by atomic mass is 10.1. The maximum Gasteiger partial charge on any atom is 0.0113 e. The van der Waals surface area contributed by atoms with Crippen molar-refractivity contribution in [2.45, 2.75) is 59.5 Å². The summed E-state index contributed by atoms with van der Waals surface area (Å²) in [6.45, 7) is 18.9. The van der Waals surface area contributed by atoms with Gasteiger partial charge in [-0.1, -0.05) is 13.8 Å². The van der Waals surface area contributed by atoms with E-state index in [-0.39, 0.29) is 0 Å². The summed E-state index contributed by atoms with van der Waals surface area (Å²) >= 11 is 0. The van der Waals surface area contributed by atoms with Crippen LogP contribution in [0.1, 0.15) is 47.5 Å².